The number of aryl methyl sites for hydroxylation is 2. The van der Waals surface area contributed by atoms with Gasteiger partial charge in [0.05, 0.1) is 6.04 Å². The van der Waals surface area contributed by atoms with Crippen molar-refractivity contribution in [3.8, 4) is 0 Å². The van der Waals surface area contributed by atoms with Gasteiger partial charge in [0.1, 0.15) is 0 Å². The Morgan fingerprint density at radius 3 is 2.83 bits per heavy atom. The first-order valence-corrected chi connectivity index (χ1v) is 6.21. The average Bonchev–Trinajstić information content (AvgIpc) is 2.42. The summed E-state index contributed by atoms with van der Waals surface area (Å²) < 4.78 is 0. The second-order valence-corrected chi connectivity index (χ2v) is 4.43. The quantitative estimate of drug-likeness (QED) is 0.639. The van der Waals surface area contributed by atoms with Crippen molar-refractivity contribution in [3.05, 3.63) is 65.0 Å². The predicted molar refractivity (Wildman–Crippen MR) is 74.0 cm³/mol. The Hall–Kier alpha value is -1.71. The molecular weight excluding hydrogens is 222 g/mol. The van der Waals surface area contributed by atoms with Gasteiger partial charge < -0.3 is 0 Å². The third-order valence-corrected chi connectivity index (χ3v) is 3.25. The van der Waals surface area contributed by atoms with Gasteiger partial charge in [0.2, 0.25) is 0 Å². The third-order valence-electron chi connectivity index (χ3n) is 3.25. The molecule has 1 aromatic heterocycles. The maximum absolute atomic E-state index is 5.72. The third kappa shape index (κ3) is 2.58. The van der Waals surface area contributed by atoms with Gasteiger partial charge in [0.25, 0.3) is 0 Å². The van der Waals surface area contributed by atoms with Crippen LogP contribution in [-0.2, 0) is 6.42 Å². The van der Waals surface area contributed by atoms with Crippen LogP contribution in [0.15, 0.2) is 42.7 Å². The number of aromatic nitrogens is 1. The molecule has 0 radical (unpaired) electrons. The Kier molecular flexibility index (Phi) is 4.07. The molecule has 0 saturated carbocycles. The topological polar surface area (TPSA) is 50.9 Å². The zero-order chi connectivity index (χ0) is 13.0. The van der Waals surface area contributed by atoms with Crippen molar-refractivity contribution in [2.24, 2.45) is 5.84 Å². The van der Waals surface area contributed by atoms with Gasteiger partial charge in [0.15, 0.2) is 0 Å². The molecule has 94 valence electrons. The number of nitrogens with two attached hydrogens (primary N) is 1. The molecule has 0 spiro atoms. The molecule has 1 heterocycles. The van der Waals surface area contributed by atoms with E-state index in [1.54, 1.807) is 6.20 Å². The minimum atomic E-state index is -0.00907. The van der Waals surface area contributed by atoms with Gasteiger partial charge in [-0.05, 0) is 41.7 Å². The van der Waals surface area contributed by atoms with Gasteiger partial charge >= 0.3 is 0 Å². The Balaban J connectivity index is 2.42. The fraction of sp³-hybridized carbons (Fsp3) is 0.267. The molecule has 3 nitrogen and oxygen atoms in total. The minimum absolute atomic E-state index is 0.00907. The van der Waals surface area contributed by atoms with Crippen LogP contribution in [0.1, 0.15) is 35.2 Å². The number of nitrogens with zero attached hydrogens (tertiary/aromatic N) is 1. The van der Waals surface area contributed by atoms with Crippen molar-refractivity contribution in [2.75, 3.05) is 0 Å². The van der Waals surface area contributed by atoms with E-state index in [1.807, 2.05) is 12.3 Å². The van der Waals surface area contributed by atoms with Crippen LogP contribution in [0.5, 0.6) is 0 Å². The lowest BCUT2D eigenvalue weighted by atomic mass is 9.95. The van der Waals surface area contributed by atoms with Crippen LogP contribution < -0.4 is 11.3 Å². The van der Waals surface area contributed by atoms with E-state index in [9.17, 15) is 0 Å². The Labute approximate surface area is 108 Å². The molecule has 0 saturated heterocycles. The summed E-state index contributed by atoms with van der Waals surface area (Å²) in [5.41, 5.74) is 7.68. The molecule has 0 bridgehead atoms. The summed E-state index contributed by atoms with van der Waals surface area (Å²) in [5.74, 6) is 5.72. The number of hydrogen-bond donors (Lipinski definition) is 2. The largest absolute Gasteiger partial charge is 0.271 e. The van der Waals surface area contributed by atoms with E-state index < -0.39 is 0 Å². The van der Waals surface area contributed by atoms with Gasteiger partial charge in [-0.1, -0.05) is 31.2 Å². The van der Waals surface area contributed by atoms with Gasteiger partial charge in [-0.25, -0.2) is 5.43 Å². The van der Waals surface area contributed by atoms with Gasteiger partial charge in [0, 0.05) is 12.4 Å². The second kappa shape index (κ2) is 5.76. The monoisotopic (exact) mass is 241 g/mol. The van der Waals surface area contributed by atoms with Crippen LogP contribution in [0.2, 0.25) is 0 Å². The summed E-state index contributed by atoms with van der Waals surface area (Å²) in [6, 6.07) is 10.5. The molecule has 0 aliphatic rings. The lowest BCUT2D eigenvalue weighted by Gasteiger charge is -2.19. The predicted octanol–water partition coefficient (Wildman–Crippen LogP) is 2.51. The molecule has 0 amide bonds. The Morgan fingerprint density at radius 1 is 1.33 bits per heavy atom. The van der Waals surface area contributed by atoms with E-state index in [4.69, 9.17) is 5.84 Å². The van der Waals surface area contributed by atoms with Crippen LogP contribution in [0.25, 0.3) is 0 Å². The highest BCUT2D eigenvalue weighted by atomic mass is 15.2. The van der Waals surface area contributed by atoms with Crippen LogP contribution >= 0.6 is 0 Å². The van der Waals surface area contributed by atoms with Gasteiger partial charge in [-0.3, -0.25) is 10.8 Å². The van der Waals surface area contributed by atoms with Gasteiger partial charge in [-0.2, -0.15) is 0 Å². The molecular formula is C15H19N3. The number of hydrazine groups is 1. The van der Waals surface area contributed by atoms with Crippen LogP contribution in [-0.4, -0.2) is 4.98 Å². The maximum Gasteiger partial charge on any atom is 0.0727 e. The van der Waals surface area contributed by atoms with Crippen molar-refractivity contribution in [3.63, 3.8) is 0 Å². The van der Waals surface area contributed by atoms with Crippen molar-refractivity contribution in [2.45, 2.75) is 26.3 Å². The molecule has 18 heavy (non-hydrogen) atoms. The van der Waals surface area contributed by atoms with Crippen molar-refractivity contribution >= 4 is 0 Å². The fourth-order valence-electron chi connectivity index (χ4n) is 2.14. The number of pyridine rings is 1. The standard InChI is InChI=1S/C15H19N3/c1-3-12-5-4-6-13(9-12)15(18-16)14-10-17-8-7-11(14)2/h4-10,15,18H,3,16H2,1-2H3. The highest BCUT2D eigenvalue weighted by molar-refractivity contribution is 5.36. The summed E-state index contributed by atoms with van der Waals surface area (Å²) in [6.45, 7) is 4.23. The summed E-state index contributed by atoms with van der Waals surface area (Å²) in [4.78, 5) is 4.19. The van der Waals surface area contributed by atoms with E-state index in [2.05, 4.69) is 48.5 Å². The smallest absolute Gasteiger partial charge is 0.0727 e. The molecule has 2 rings (SSSR count). The first kappa shape index (κ1) is 12.7. The molecule has 3 heteroatoms. The summed E-state index contributed by atoms with van der Waals surface area (Å²) in [5, 5.41) is 0. The lowest BCUT2D eigenvalue weighted by molar-refractivity contribution is 0.630. The molecule has 0 fully saturated rings. The Morgan fingerprint density at radius 2 is 2.17 bits per heavy atom. The zero-order valence-corrected chi connectivity index (χ0v) is 10.9. The Bertz CT molecular complexity index is 523. The van der Waals surface area contributed by atoms with Crippen LogP contribution in [0.4, 0.5) is 0 Å². The molecule has 2 aromatic rings. The summed E-state index contributed by atoms with van der Waals surface area (Å²) >= 11 is 0. The van der Waals surface area contributed by atoms with E-state index in [-0.39, 0.29) is 6.04 Å². The van der Waals surface area contributed by atoms with Crippen molar-refractivity contribution in [1.82, 2.24) is 10.4 Å². The molecule has 3 N–H and O–H groups in total. The first-order valence-electron chi connectivity index (χ1n) is 6.21. The summed E-state index contributed by atoms with van der Waals surface area (Å²) in [6.07, 6.45) is 4.70. The molecule has 1 aromatic carbocycles. The van der Waals surface area contributed by atoms with Crippen molar-refractivity contribution in [1.29, 1.82) is 0 Å². The SMILES string of the molecule is CCc1cccc(C(NN)c2cnccc2C)c1. The minimum Gasteiger partial charge on any atom is -0.271 e. The lowest BCUT2D eigenvalue weighted by Crippen LogP contribution is -2.29. The van der Waals surface area contributed by atoms with Crippen LogP contribution in [0, 0.1) is 6.92 Å². The average molecular weight is 241 g/mol. The fourth-order valence-corrected chi connectivity index (χ4v) is 2.14. The normalized spacial score (nSPS) is 12.4. The molecule has 0 aliphatic heterocycles. The van der Waals surface area contributed by atoms with Crippen molar-refractivity contribution < 1.29 is 0 Å². The number of hydrogen-bond acceptors (Lipinski definition) is 3. The number of rotatable bonds is 4. The first-order chi connectivity index (χ1) is 8.76. The highest BCUT2D eigenvalue weighted by Crippen LogP contribution is 2.24. The van der Waals surface area contributed by atoms with Gasteiger partial charge in [-0.15, -0.1) is 0 Å². The second-order valence-electron chi connectivity index (χ2n) is 4.43. The molecule has 0 aliphatic carbocycles. The zero-order valence-electron chi connectivity index (χ0n) is 10.9. The van der Waals surface area contributed by atoms with Crippen LogP contribution in [0.3, 0.4) is 0 Å². The summed E-state index contributed by atoms with van der Waals surface area (Å²) in [7, 11) is 0. The van der Waals surface area contributed by atoms with E-state index in [0.29, 0.717) is 0 Å². The molecule has 1 atom stereocenters. The molecule has 1 unspecified atom stereocenters. The highest BCUT2D eigenvalue weighted by Gasteiger charge is 2.14. The number of benzene rings is 1. The van der Waals surface area contributed by atoms with E-state index >= 15 is 0 Å². The number of nitrogens with one attached hydrogen (secondary N) is 1. The van der Waals surface area contributed by atoms with E-state index in [0.717, 1.165) is 12.0 Å². The van der Waals surface area contributed by atoms with E-state index in [1.165, 1.54) is 16.7 Å². The maximum atomic E-state index is 5.72.